The average molecular weight is 239 g/mol. The summed E-state index contributed by atoms with van der Waals surface area (Å²) in [6.07, 6.45) is 0.823. The molecule has 0 aliphatic rings. The molecular formula is C14H22FNO. The van der Waals surface area contributed by atoms with E-state index in [-0.39, 0.29) is 17.5 Å². The van der Waals surface area contributed by atoms with E-state index >= 15 is 0 Å². The molecule has 1 aromatic carbocycles. The molecule has 0 fully saturated rings. The van der Waals surface area contributed by atoms with E-state index in [4.69, 9.17) is 4.74 Å². The third kappa shape index (κ3) is 3.51. The molecule has 0 aliphatic heterocycles. The Kier molecular flexibility index (Phi) is 4.66. The molecule has 0 saturated carbocycles. The molecule has 1 N–H and O–H groups in total. The van der Waals surface area contributed by atoms with Gasteiger partial charge in [-0.05, 0) is 57.5 Å². The monoisotopic (exact) mass is 239 g/mol. The van der Waals surface area contributed by atoms with E-state index in [1.165, 1.54) is 6.07 Å². The first-order chi connectivity index (χ1) is 7.90. The second kappa shape index (κ2) is 5.61. The van der Waals surface area contributed by atoms with Crippen LogP contribution in [0.1, 0.15) is 25.0 Å². The van der Waals surface area contributed by atoms with Crippen molar-refractivity contribution in [2.24, 2.45) is 0 Å². The van der Waals surface area contributed by atoms with Gasteiger partial charge in [-0.2, -0.15) is 0 Å². The third-order valence-electron chi connectivity index (χ3n) is 3.44. The van der Waals surface area contributed by atoms with Crippen LogP contribution >= 0.6 is 0 Å². The highest BCUT2D eigenvalue weighted by Crippen LogP contribution is 2.20. The minimum Gasteiger partial charge on any atom is -0.377 e. The Morgan fingerprint density at radius 1 is 1.41 bits per heavy atom. The van der Waals surface area contributed by atoms with E-state index in [2.05, 4.69) is 5.32 Å². The maximum absolute atomic E-state index is 13.0. The molecule has 0 saturated heterocycles. The van der Waals surface area contributed by atoms with Gasteiger partial charge in [0, 0.05) is 13.2 Å². The summed E-state index contributed by atoms with van der Waals surface area (Å²) in [5.41, 5.74) is 1.88. The molecule has 1 unspecified atom stereocenters. The summed E-state index contributed by atoms with van der Waals surface area (Å²) >= 11 is 0. The van der Waals surface area contributed by atoms with E-state index in [0.717, 1.165) is 17.5 Å². The van der Waals surface area contributed by atoms with Gasteiger partial charge in [0.2, 0.25) is 0 Å². The lowest BCUT2D eigenvalue weighted by atomic mass is 9.90. The summed E-state index contributed by atoms with van der Waals surface area (Å²) in [6, 6.07) is 5.12. The number of hydrogen-bond donors (Lipinski definition) is 1. The third-order valence-corrected chi connectivity index (χ3v) is 3.44. The van der Waals surface area contributed by atoms with Crippen LogP contribution < -0.4 is 5.32 Å². The zero-order valence-corrected chi connectivity index (χ0v) is 11.3. The van der Waals surface area contributed by atoms with Crippen LogP contribution in [0.25, 0.3) is 0 Å². The van der Waals surface area contributed by atoms with Crippen molar-refractivity contribution in [3.63, 3.8) is 0 Å². The highest BCUT2D eigenvalue weighted by atomic mass is 19.1. The smallest absolute Gasteiger partial charge is 0.123 e. The Labute approximate surface area is 103 Å². The van der Waals surface area contributed by atoms with Crippen LogP contribution in [0.5, 0.6) is 0 Å². The Hall–Kier alpha value is -0.930. The zero-order valence-electron chi connectivity index (χ0n) is 11.3. The lowest BCUT2D eigenvalue weighted by molar-refractivity contribution is -0.00800. The molecule has 0 radical (unpaired) electrons. The van der Waals surface area contributed by atoms with Gasteiger partial charge in [-0.25, -0.2) is 4.39 Å². The Morgan fingerprint density at radius 2 is 2.06 bits per heavy atom. The van der Waals surface area contributed by atoms with Gasteiger partial charge in [-0.1, -0.05) is 6.07 Å². The fraction of sp³-hybridized carbons (Fsp3) is 0.571. The quantitative estimate of drug-likeness (QED) is 0.853. The molecule has 2 nitrogen and oxygen atoms in total. The lowest BCUT2D eigenvalue weighted by Crippen LogP contribution is -2.48. The van der Waals surface area contributed by atoms with Crippen molar-refractivity contribution >= 4 is 0 Å². The Balaban J connectivity index is 2.88. The van der Waals surface area contributed by atoms with Crippen LogP contribution in [-0.2, 0) is 11.2 Å². The molecule has 1 aromatic rings. The van der Waals surface area contributed by atoms with Gasteiger partial charge >= 0.3 is 0 Å². The van der Waals surface area contributed by atoms with Gasteiger partial charge < -0.3 is 10.1 Å². The standard InChI is InChI=1S/C14H22FNO/c1-10-8-12(15)7-6-11(10)9-13(16-4)14(2,3)17-5/h6-8,13,16H,9H2,1-5H3. The highest BCUT2D eigenvalue weighted by molar-refractivity contribution is 5.27. The molecular weight excluding hydrogens is 217 g/mol. The van der Waals surface area contributed by atoms with Crippen molar-refractivity contribution in [2.45, 2.75) is 38.8 Å². The van der Waals surface area contributed by atoms with E-state index < -0.39 is 0 Å². The highest BCUT2D eigenvalue weighted by Gasteiger charge is 2.28. The minimum atomic E-state index is -0.254. The summed E-state index contributed by atoms with van der Waals surface area (Å²) in [5.74, 6) is -0.182. The first-order valence-corrected chi connectivity index (χ1v) is 5.88. The van der Waals surface area contributed by atoms with Gasteiger partial charge in [-0.15, -0.1) is 0 Å². The SMILES string of the molecule is CNC(Cc1ccc(F)cc1C)C(C)(C)OC. The molecule has 0 aromatic heterocycles. The molecule has 17 heavy (non-hydrogen) atoms. The Bertz CT molecular complexity index is 376. The van der Waals surface area contributed by atoms with E-state index in [1.807, 2.05) is 33.9 Å². The fourth-order valence-corrected chi connectivity index (χ4v) is 1.95. The van der Waals surface area contributed by atoms with Gasteiger partial charge in [0.1, 0.15) is 5.82 Å². The van der Waals surface area contributed by atoms with Crippen LogP contribution in [0.2, 0.25) is 0 Å². The van der Waals surface area contributed by atoms with Gasteiger partial charge in [0.15, 0.2) is 0 Å². The minimum absolute atomic E-state index is 0.182. The largest absolute Gasteiger partial charge is 0.377 e. The number of aryl methyl sites for hydroxylation is 1. The molecule has 0 amide bonds. The second-order valence-corrected chi connectivity index (χ2v) is 4.92. The number of ether oxygens (including phenoxy) is 1. The Morgan fingerprint density at radius 3 is 2.53 bits per heavy atom. The number of rotatable bonds is 5. The summed E-state index contributed by atoms with van der Waals surface area (Å²) in [7, 11) is 3.63. The first-order valence-electron chi connectivity index (χ1n) is 5.88. The number of hydrogen-bond acceptors (Lipinski definition) is 2. The van der Waals surface area contributed by atoms with Crippen molar-refractivity contribution in [1.29, 1.82) is 0 Å². The van der Waals surface area contributed by atoms with Crippen LogP contribution in [0.4, 0.5) is 4.39 Å². The number of halogens is 1. The van der Waals surface area contributed by atoms with Crippen molar-refractivity contribution in [3.8, 4) is 0 Å². The van der Waals surface area contributed by atoms with Crippen molar-refractivity contribution < 1.29 is 9.13 Å². The van der Waals surface area contributed by atoms with Crippen molar-refractivity contribution in [1.82, 2.24) is 5.32 Å². The van der Waals surface area contributed by atoms with E-state index in [0.29, 0.717) is 0 Å². The van der Waals surface area contributed by atoms with E-state index in [9.17, 15) is 4.39 Å². The van der Waals surface area contributed by atoms with Gasteiger partial charge in [0.05, 0.1) is 5.60 Å². The molecule has 1 rings (SSSR count). The second-order valence-electron chi connectivity index (χ2n) is 4.92. The number of benzene rings is 1. The molecule has 96 valence electrons. The van der Waals surface area contributed by atoms with Crippen molar-refractivity contribution in [2.75, 3.05) is 14.2 Å². The normalized spacial score (nSPS) is 13.8. The first kappa shape index (κ1) is 14.1. The summed E-state index contributed by atoms with van der Waals surface area (Å²) in [4.78, 5) is 0. The van der Waals surface area contributed by atoms with Gasteiger partial charge in [0.25, 0.3) is 0 Å². The maximum Gasteiger partial charge on any atom is 0.123 e. The van der Waals surface area contributed by atoms with Crippen molar-refractivity contribution in [3.05, 3.63) is 35.1 Å². The number of nitrogens with one attached hydrogen (secondary N) is 1. The topological polar surface area (TPSA) is 21.3 Å². The predicted molar refractivity (Wildman–Crippen MR) is 68.8 cm³/mol. The van der Waals surface area contributed by atoms with Crippen LogP contribution in [0.3, 0.4) is 0 Å². The van der Waals surface area contributed by atoms with Crippen LogP contribution in [0.15, 0.2) is 18.2 Å². The zero-order chi connectivity index (χ0) is 13.1. The average Bonchev–Trinajstić information content (AvgIpc) is 2.27. The molecule has 0 heterocycles. The number of methoxy groups -OCH3 is 1. The lowest BCUT2D eigenvalue weighted by Gasteiger charge is -2.33. The molecule has 1 atom stereocenters. The molecule has 0 aliphatic carbocycles. The van der Waals surface area contributed by atoms with Crippen LogP contribution in [-0.4, -0.2) is 25.8 Å². The molecule has 0 bridgehead atoms. The molecule has 0 spiro atoms. The summed E-state index contributed by atoms with van der Waals surface area (Å²) in [6.45, 7) is 6.03. The fourth-order valence-electron chi connectivity index (χ4n) is 1.95. The maximum atomic E-state index is 13.0. The number of likely N-dealkylation sites (N-methyl/N-ethyl adjacent to an activating group) is 1. The summed E-state index contributed by atoms with van der Waals surface area (Å²) in [5, 5.41) is 3.26. The van der Waals surface area contributed by atoms with Crippen LogP contribution in [0, 0.1) is 12.7 Å². The summed E-state index contributed by atoms with van der Waals surface area (Å²) < 4.78 is 18.5. The van der Waals surface area contributed by atoms with E-state index in [1.54, 1.807) is 13.2 Å². The predicted octanol–water partition coefficient (Wildman–Crippen LogP) is 2.69. The van der Waals surface area contributed by atoms with Gasteiger partial charge in [-0.3, -0.25) is 0 Å². The molecule has 3 heteroatoms.